The minimum absolute atomic E-state index is 0.0493. The van der Waals surface area contributed by atoms with Crippen LogP contribution in [0.15, 0.2) is 5.03 Å². The number of hydrogen-bond acceptors (Lipinski definition) is 6. The molecule has 1 rings (SSSR count). The SMILES string of the molecule is CCOC(=O)CSc1[nH]c(N)c(C(N)=O)c1C(N)=O. The van der Waals surface area contributed by atoms with Crippen LogP contribution in [0.4, 0.5) is 5.82 Å². The number of nitrogen functional groups attached to an aromatic ring is 1. The number of rotatable bonds is 6. The van der Waals surface area contributed by atoms with E-state index in [1.165, 1.54) is 0 Å². The molecular weight excluding hydrogens is 272 g/mol. The number of nitrogens with two attached hydrogens (primary N) is 3. The van der Waals surface area contributed by atoms with Crippen molar-refractivity contribution >= 4 is 35.4 Å². The van der Waals surface area contributed by atoms with Crippen LogP contribution in [0.3, 0.4) is 0 Å². The molecule has 0 spiro atoms. The van der Waals surface area contributed by atoms with Gasteiger partial charge in [0, 0.05) is 0 Å². The maximum atomic E-state index is 11.3. The number of ether oxygens (including phenoxy) is 1. The first kappa shape index (κ1) is 14.9. The number of thioether (sulfide) groups is 1. The second-order valence-electron chi connectivity index (χ2n) is 3.44. The molecule has 9 heteroatoms. The summed E-state index contributed by atoms with van der Waals surface area (Å²) in [6.45, 7) is 1.93. The molecule has 0 aromatic carbocycles. The molecule has 0 saturated heterocycles. The van der Waals surface area contributed by atoms with Crippen LogP contribution in [-0.4, -0.2) is 35.1 Å². The van der Waals surface area contributed by atoms with E-state index in [1.54, 1.807) is 6.92 Å². The summed E-state index contributed by atoms with van der Waals surface area (Å²) in [5, 5.41) is 0.215. The third-order valence-electron chi connectivity index (χ3n) is 2.13. The smallest absolute Gasteiger partial charge is 0.316 e. The van der Waals surface area contributed by atoms with E-state index in [1.807, 2.05) is 0 Å². The lowest BCUT2D eigenvalue weighted by Crippen LogP contribution is -2.20. The summed E-state index contributed by atoms with van der Waals surface area (Å²) in [7, 11) is 0. The molecule has 0 radical (unpaired) electrons. The van der Waals surface area contributed by atoms with Crippen LogP contribution in [0, 0.1) is 0 Å². The number of primary amides is 2. The van der Waals surface area contributed by atoms with E-state index in [0.29, 0.717) is 0 Å². The zero-order valence-corrected chi connectivity index (χ0v) is 11.0. The number of esters is 1. The van der Waals surface area contributed by atoms with Gasteiger partial charge in [-0.3, -0.25) is 14.4 Å². The number of carbonyl (C=O) groups excluding carboxylic acids is 3. The highest BCUT2D eigenvalue weighted by Gasteiger charge is 2.24. The molecule has 0 saturated carbocycles. The van der Waals surface area contributed by atoms with Gasteiger partial charge >= 0.3 is 5.97 Å². The molecule has 104 valence electrons. The van der Waals surface area contributed by atoms with Crippen LogP contribution in [0.2, 0.25) is 0 Å². The van der Waals surface area contributed by atoms with Crippen molar-refractivity contribution in [2.24, 2.45) is 11.5 Å². The first-order valence-electron chi connectivity index (χ1n) is 5.27. The monoisotopic (exact) mass is 286 g/mol. The van der Waals surface area contributed by atoms with Crippen molar-refractivity contribution in [1.29, 1.82) is 0 Å². The van der Waals surface area contributed by atoms with Crippen molar-refractivity contribution in [2.45, 2.75) is 11.9 Å². The minimum atomic E-state index is -0.870. The van der Waals surface area contributed by atoms with Gasteiger partial charge in [-0.2, -0.15) is 0 Å². The predicted molar refractivity (Wildman–Crippen MR) is 69.6 cm³/mol. The molecule has 0 atom stereocenters. The van der Waals surface area contributed by atoms with Crippen molar-refractivity contribution < 1.29 is 19.1 Å². The Balaban J connectivity index is 3.01. The minimum Gasteiger partial charge on any atom is -0.465 e. The molecule has 8 nitrogen and oxygen atoms in total. The van der Waals surface area contributed by atoms with E-state index in [2.05, 4.69) is 4.98 Å². The van der Waals surface area contributed by atoms with Gasteiger partial charge in [0.25, 0.3) is 11.8 Å². The lowest BCUT2D eigenvalue weighted by Gasteiger charge is -2.02. The predicted octanol–water partition coefficient (Wildman–Crippen LogP) is -0.550. The van der Waals surface area contributed by atoms with Crippen molar-refractivity contribution in [3.63, 3.8) is 0 Å². The van der Waals surface area contributed by atoms with Crippen LogP contribution >= 0.6 is 11.8 Å². The Labute approximate surface area is 113 Å². The van der Waals surface area contributed by atoms with Crippen LogP contribution in [-0.2, 0) is 9.53 Å². The number of aromatic amines is 1. The lowest BCUT2D eigenvalue weighted by molar-refractivity contribution is -0.139. The third-order valence-corrected chi connectivity index (χ3v) is 3.10. The topological polar surface area (TPSA) is 154 Å². The van der Waals surface area contributed by atoms with Gasteiger partial charge in [-0.25, -0.2) is 0 Å². The normalized spacial score (nSPS) is 10.2. The van der Waals surface area contributed by atoms with E-state index in [9.17, 15) is 14.4 Å². The fourth-order valence-electron chi connectivity index (χ4n) is 1.43. The summed E-state index contributed by atoms with van der Waals surface area (Å²) in [5.41, 5.74) is 15.6. The fourth-order valence-corrected chi connectivity index (χ4v) is 2.30. The summed E-state index contributed by atoms with van der Waals surface area (Å²) < 4.78 is 4.74. The molecule has 1 heterocycles. The molecular formula is C10H14N4O4S. The third kappa shape index (κ3) is 3.41. The summed E-state index contributed by atoms with van der Waals surface area (Å²) in [5.74, 6) is -2.30. The van der Waals surface area contributed by atoms with Crippen LogP contribution < -0.4 is 17.2 Å². The highest BCUT2D eigenvalue weighted by atomic mass is 32.2. The zero-order valence-electron chi connectivity index (χ0n) is 10.2. The number of anilines is 1. The van der Waals surface area contributed by atoms with Gasteiger partial charge in [0.15, 0.2) is 0 Å². The quantitative estimate of drug-likeness (QED) is 0.406. The van der Waals surface area contributed by atoms with Crippen LogP contribution in [0.25, 0.3) is 0 Å². The maximum Gasteiger partial charge on any atom is 0.316 e. The van der Waals surface area contributed by atoms with Crippen molar-refractivity contribution in [2.75, 3.05) is 18.1 Å². The van der Waals surface area contributed by atoms with Gasteiger partial charge in [-0.05, 0) is 6.92 Å². The largest absolute Gasteiger partial charge is 0.465 e. The number of carbonyl (C=O) groups is 3. The van der Waals surface area contributed by atoms with Crippen LogP contribution in [0.1, 0.15) is 27.6 Å². The van der Waals surface area contributed by atoms with Gasteiger partial charge in [0.1, 0.15) is 5.82 Å². The molecule has 0 bridgehead atoms. The molecule has 0 aliphatic heterocycles. The first-order valence-corrected chi connectivity index (χ1v) is 6.26. The number of aromatic nitrogens is 1. The highest BCUT2D eigenvalue weighted by molar-refractivity contribution is 8.00. The molecule has 2 amide bonds. The second kappa shape index (κ2) is 6.14. The zero-order chi connectivity index (χ0) is 14.6. The van der Waals surface area contributed by atoms with Crippen molar-refractivity contribution in [1.82, 2.24) is 4.98 Å². The summed E-state index contributed by atoms with van der Waals surface area (Å²) in [6.07, 6.45) is 0. The Hall–Kier alpha value is -2.16. The van der Waals surface area contributed by atoms with E-state index in [4.69, 9.17) is 21.9 Å². The average Bonchev–Trinajstić information content (AvgIpc) is 2.64. The Kier molecular flexibility index (Phi) is 4.81. The van der Waals surface area contributed by atoms with E-state index < -0.39 is 17.8 Å². The number of H-pyrrole nitrogens is 1. The number of hydrogen-bond donors (Lipinski definition) is 4. The van der Waals surface area contributed by atoms with E-state index >= 15 is 0 Å². The van der Waals surface area contributed by atoms with Crippen molar-refractivity contribution in [3.8, 4) is 0 Å². The van der Waals surface area contributed by atoms with Gasteiger partial charge in [0.2, 0.25) is 0 Å². The van der Waals surface area contributed by atoms with Gasteiger partial charge < -0.3 is 26.9 Å². The Bertz CT molecular complexity index is 526. The molecule has 1 aromatic rings. The Morgan fingerprint density at radius 1 is 1.21 bits per heavy atom. The fraction of sp³-hybridized carbons (Fsp3) is 0.300. The lowest BCUT2D eigenvalue weighted by atomic mass is 10.1. The summed E-state index contributed by atoms with van der Waals surface area (Å²) in [6, 6.07) is 0. The molecule has 7 N–H and O–H groups in total. The molecule has 0 aliphatic rings. The molecule has 0 unspecified atom stereocenters. The maximum absolute atomic E-state index is 11.3. The standard InChI is InChI=1S/C10H14N4O4S/c1-2-18-4(15)3-19-10-6(9(13)17)5(8(12)16)7(11)14-10/h14H,2-3,11H2,1H3,(H2,12,16)(H2,13,17). The molecule has 19 heavy (non-hydrogen) atoms. The van der Waals surface area contributed by atoms with E-state index in [-0.39, 0.29) is 34.3 Å². The van der Waals surface area contributed by atoms with Gasteiger partial charge in [0.05, 0.1) is 28.5 Å². The highest BCUT2D eigenvalue weighted by Crippen LogP contribution is 2.28. The van der Waals surface area contributed by atoms with Gasteiger partial charge in [-0.15, -0.1) is 0 Å². The molecule has 1 aromatic heterocycles. The number of nitrogens with one attached hydrogen (secondary N) is 1. The Morgan fingerprint density at radius 2 is 1.79 bits per heavy atom. The van der Waals surface area contributed by atoms with E-state index in [0.717, 1.165) is 11.8 Å². The van der Waals surface area contributed by atoms with Gasteiger partial charge in [-0.1, -0.05) is 11.8 Å². The average molecular weight is 286 g/mol. The number of amides is 2. The second-order valence-corrected chi connectivity index (χ2v) is 4.43. The van der Waals surface area contributed by atoms with Crippen LogP contribution in [0.5, 0.6) is 0 Å². The van der Waals surface area contributed by atoms with Crippen molar-refractivity contribution in [3.05, 3.63) is 11.1 Å². The molecule has 0 fully saturated rings. The first-order chi connectivity index (χ1) is 8.88. The molecule has 0 aliphatic carbocycles. The summed E-state index contributed by atoms with van der Waals surface area (Å²) in [4.78, 5) is 36.4. The Morgan fingerprint density at radius 3 is 2.26 bits per heavy atom. The summed E-state index contributed by atoms with van der Waals surface area (Å²) >= 11 is 0.957.